The Morgan fingerprint density at radius 3 is 2.45 bits per heavy atom. The first-order chi connectivity index (χ1) is 9.36. The van der Waals surface area contributed by atoms with Crippen LogP contribution in [0.3, 0.4) is 0 Å². The fourth-order valence-corrected chi connectivity index (χ4v) is 1.75. The maximum Gasteiger partial charge on any atom is 0.308 e. The molecule has 2 atom stereocenters. The van der Waals surface area contributed by atoms with Gasteiger partial charge in [-0.3, -0.25) is 9.59 Å². The number of aliphatic hydroxyl groups excluding tert-OH is 2. The van der Waals surface area contributed by atoms with Crippen molar-refractivity contribution in [3.8, 4) is 5.75 Å². The third kappa shape index (κ3) is 4.04. The maximum absolute atomic E-state index is 11.2. The molecule has 3 N–H and O–H groups in total. The molecule has 1 aromatic carbocycles. The van der Waals surface area contributed by atoms with Crippen molar-refractivity contribution in [3.05, 3.63) is 29.3 Å². The molecule has 0 aliphatic heterocycles. The Balaban J connectivity index is 2.81. The zero-order valence-electron chi connectivity index (χ0n) is 11.4. The van der Waals surface area contributed by atoms with Crippen LogP contribution in [0.4, 0.5) is 0 Å². The van der Waals surface area contributed by atoms with Crippen LogP contribution in [0.25, 0.3) is 0 Å². The molecule has 0 heterocycles. The zero-order valence-corrected chi connectivity index (χ0v) is 11.4. The number of ether oxygens (including phenoxy) is 1. The van der Waals surface area contributed by atoms with Crippen LogP contribution < -0.4 is 0 Å². The molecule has 6 heteroatoms. The van der Waals surface area contributed by atoms with Crippen LogP contribution in [-0.2, 0) is 9.53 Å². The standard InChI is InChI=1S/C14H18O6/c1-3-20-13(18)7-12(17)14(19)9-4-5-10(8(2)15)11(16)6-9/h4-6,12,14,16-17,19H,3,7H2,1-2H3. The van der Waals surface area contributed by atoms with Gasteiger partial charge in [-0.15, -0.1) is 0 Å². The first kappa shape index (κ1) is 16.1. The van der Waals surface area contributed by atoms with Gasteiger partial charge in [0, 0.05) is 0 Å². The minimum Gasteiger partial charge on any atom is -0.507 e. The molecule has 0 fully saturated rings. The molecule has 20 heavy (non-hydrogen) atoms. The largest absolute Gasteiger partial charge is 0.507 e. The van der Waals surface area contributed by atoms with E-state index in [0.717, 1.165) is 0 Å². The minimum absolute atomic E-state index is 0.126. The van der Waals surface area contributed by atoms with Gasteiger partial charge in [0.25, 0.3) is 0 Å². The first-order valence-electron chi connectivity index (χ1n) is 6.22. The van der Waals surface area contributed by atoms with E-state index in [-0.39, 0.29) is 35.7 Å². The van der Waals surface area contributed by atoms with E-state index in [0.29, 0.717) is 0 Å². The number of carbonyl (C=O) groups excluding carboxylic acids is 2. The molecule has 0 bridgehead atoms. The molecule has 0 aliphatic rings. The van der Waals surface area contributed by atoms with E-state index in [4.69, 9.17) is 0 Å². The van der Waals surface area contributed by atoms with Gasteiger partial charge in [0.1, 0.15) is 11.9 Å². The third-order valence-corrected chi connectivity index (χ3v) is 2.79. The number of benzene rings is 1. The highest BCUT2D eigenvalue weighted by Gasteiger charge is 2.23. The van der Waals surface area contributed by atoms with Crippen molar-refractivity contribution in [1.29, 1.82) is 0 Å². The summed E-state index contributed by atoms with van der Waals surface area (Å²) < 4.78 is 4.67. The van der Waals surface area contributed by atoms with Gasteiger partial charge in [0.15, 0.2) is 5.78 Å². The van der Waals surface area contributed by atoms with Gasteiger partial charge in [-0.1, -0.05) is 6.07 Å². The highest BCUT2D eigenvalue weighted by Crippen LogP contribution is 2.26. The average molecular weight is 282 g/mol. The predicted molar refractivity (Wildman–Crippen MR) is 70.3 cm³/mol. The highest BCUT2D eigenvalue weighted by molar-refractivity contribution is 5.96. The molecule has 110 valence electrons. The number of aliphatic hydroxyl groups is 2. The molecule has 0 spiro atoms. The molecule has 0 saturated carbocycles. The summed E-state index contributed by atoms with van der Waals surface area (Å²) in [5, 5.41) is 29.3. The first-order valence-corrected chi connectivity index (χ1v) is 6.22. The molecule has 0 saturated heterocycles. The predicted octanol–water partition coefficient (Wildman–Crippen LogP) is 0.942. The molecule has 0 radical (unpaired) electrons. The van der Waals surface area contributed by atoms with Crippen LogP contribution in [0.1, 0.15) is 42.3 Å². The van der Waals surface area contributed by atoms with Gasteiger partial charge in [-0.05, 0) is 31.5 Å². The summed E-state index contributed by atoms with van der Waals surface area (Å²) >= 11 is 0. The van der Waals surface area contributed by atoms with Crippen LogP contribution >= 0.6 is 0 Å². The van der Waals surface area contributed by atoms with E-state index in [2.05, 4.69) is 4.74 Å². The number of Topliss-reactive ketones (excluding diaryl/α,β-unsaturated/α-hetero) is 1. The second-order valence-electron chi connectivity index (χ2n) is 4.35. The normalized spacial score (nSPS) is 13.6. The quantitative estimate of drug-likeness (QED) is 0.530. The van der Waals surface area contributed by atoms with Crippen LogP contribution in [0.5, 0.6) is 5.75 Å². The lowest BCUT2D eigenvalue weighted by Crippen LogP contribution is -2.23. The number of rotatable bonds is 6. The van der Waals surface area contributed by atoms with E-state index in [1.165, 1.54) is 25.1 Å². The summed E-state index contributed by atoms with van der Waals surface area (Å²) in [6, 6.07) is 3.96. The van der Waals surface area contributed by atoms with Crippen molar-refractivity contribution in [2.45, 2.75) is 32.5 Å². The van der Waals surface area contributed by atoms with E-state index < -0.39 is 18.2 Å². The zero-order chi connectivity index (χ0) is 15.3. The Labute approximate surface area is 116 Å². The number of ketones is 1. The molecular weight excluding hydrogens is 264 g/mol. The Kier molecular flexibility index (Phi) is 5.66. The lowest BCUT2D eigenvalue weighted by molar-refractivity contribution is -0.147. The van der Waals surface area contributed by atoms with Gasteiger partial charge in [0.2, 0.25) is 0 Å². The lowest BCUT2D eigenvalue weighted by atomic mass is 9.99. The maximum atomic E-state index is 11.2. The average Bonchev–Trinajstić information content (AvgIpc) is 2.37. The van der Waals surface area contributed by atoms with E-state index in [9.17, 15) is 24.9 Å². The molecule has 0 aliphatic carbocycles. The summed E-state index contributed by atoms with van der Waals surface area (Å²) in [5.41, 5.74) is 0.338. The second-order valence-corrected chi connectivity index (χ2v) is 4.35. The number of esters is 1. The molecule has 0 aromatic heterocycles. The third-order valence-electron chi connectivity index (χ3n) is 2.79. The summed E-state index contributed by atoms with van der Waals surface area (Å²) in [4.78, 5) is 22.4. The number of phenols is 1. The number of hydrogen-bond acceptors (Lipinski definition) is 6. The van der Waals surface area contributed by atoms with Gasteiger partial charge in [-0.25, -0.2) is 0 Å². The Bertz CT molecular complexity index is 496. The Morgan fingerprint density at radius 2 is 1.95 bits per heavy atom. The van der Waals surface area contributed by atoms with Crippen LogP contribution in [0.15, 0.2) is 18.2 Å². The van der Waals surface area contributed by atoms with Crippen molar-refractivity contribution in [2.75, 3.05) is 6.61 Å². The number of hydrogen-bond donors (Lipinski definition) is 3. The van der Waals surface area contributed by atoms with Crippen molar-refractivity contribution >= 4 is 11.8 Å². The van der Waals surface area contributed by atoms with Gasteiger partial charge in [0.05, 0.1) is 24.7 Å². The molecule has 0 amide bonds. The minimum atomic E-state index is -1.36. The van der Waals surface area contributed by atoms with Crippen molar-refractivity contribution in [3.63, 3.8) is 0 Å². The number of phenolic OH excluding ortho intramolecular Hbond substituents is 1. The monoisotopic (exact) mass is 282 g/mol. The molecule has 1 aromatic rings. The molecule has 6 nitrogen and oxygen atoms in total. The fraction of sp³-hybridized carbons (Fsp3) is 0.429. The van der Waals surface area contributed by atoms with Crippen molar-refractivity contribution in [1.82, 2.24) is 0 Å². The van der Waals surface area contributed by atoms with Crippen LogP contribution in [0.2, 0.25) is 0 Å². The van der Waals surface area contributed by atoms with Crippen LogP contribution in [-0.4, -0.2) is 39.8 Å². The lowest BCUT2D eigenvalue weighted by Gasteiger charge is -2.18. The Morgan fingerprint density at radius 1 is 1.30 bits per heavy atom. The summed E-state index contributed by atoms with van der Waals surface area (Å²) in [6.07, 6.45) is -3.06. The topological polar surface area (TPSA) is 104 Å². The van der Waals surface area contributed by atoms with Crippen molar-refractivity contribution < 1.29 is 29.6 Å². The summed E-state index contributed by atoms with van der Waals surface area (Å²) in [6.45, 7) is 3.13. The molecular formula is C14H18O6. The van der Waals surface area contributed by atoms with E-state index in [1.54, 1.807) is 6.92 Å². The van der Waals surface area contributed by atoms with Gasteiger partial charge in [-0.2, -0.15) is 0 Å². The Hall–Kier alpha value is -1.92. The van der Waals surface area contributed by atoms with Crippen molar-refractivity contribution in [2.24, 2.45) is 0 Å². The molecule has 2 unspecified atom stereocenters. The summed E-state index contributed by atoms with van der Waals surface area (Å²) in [7, 11) is 0. The highest BCUT2D eigenvalue weighted by atomic mass is 16.5. The van der Waals surface area contributed by atoms with Gasteiger partial charge >= 0.3 is 5.97 Å². The number of carbonyl (C=O) groups is 2. The van der Waals surface area contributed by atoms with Crippen LogP contribution in [0, 0.1) is 0 Å². The smallest absolute Gasteiger partial charge is 0.308 e. The number of aromatic hydroxyl groups is 1. The van der Waals surface area contributed by atoms with Gasteiger partial charge < -0.3 is 20.1 Å². The fourth-order valence-electron chi connectivity index (χ4n) is 1.75. The SMILES string of the molecule is CCOC(=O)CC(O)C(O)c1ccc(C(C)=O)c(O)c1. The summed E-state index contributed by atoms with van der Waals surface area (Å²) in [5.74, 6) is -1.21. The molecule has 1 rings (SSSR count). The van der Waals surface area contributed by atoms with E-state index >= 15 is 0 Å². The van der Waals surface area contributed by atoms with E-state index in [1.807, 2.05) is 0 Å². The second kappa shape index (κ2) is 7.02.